The van der Waals surface area contributed by atoms with Crippen LogP contribution in [0.4, 0.5) is 5.69 Å². The summed E-state index contributed by atoms with van der Waals surface area (Å²) in [5.74, 6) is 0.450. The second kappa shape index (κ2) is 7.67. The van der Waals surface area contributed by atoms with Crippen LogP contribution in [0.25, 0.3) is 0 Å². The van der Waals surface area contributed by atoms with Crippen LogP contribution in [-0.4, -0.2) is 20.9 Å². The summed E-state index contributed by atoms with van der Waals surface area (Å²) in [5, 5.41) is 7.82. The zero-order chi connectivity index (χ0) is 18.6. The lowest BCUT2D eigenvalue weighted by molar-refractivity contribution is -0.116. The minimum Gasteiger partial charge on any atom is -0.493 e. The predicted octanol–water partition coefficient (Wildman–Crippen LogP) is 2.67. The van der Waals surface area contributed by atoms with Crippen molar-refractivity contribution in [2.45, 2.75) is 32.1 Å². The Morgan fingerprint density at radius 3 is 2.32 bits per heavy atom. The van der Waals surface area contributed by atoms with E-state index >= 15 is 0 Å². The van der Waals surface area contributed by atoms with E-state index in [1.807, 2.05) is 32.0 Å². The third-order valence-corrected chi connectivity index (χ3v) is 4.62. The second-order valence-electron chi connectivity index (χ2n) is 6.00. The Hall–Kier alpha value is -2.38. The number of hydrogen-bond donors (Lipinski definition) is 2. The molecule has 7 heteroatoms. The summed E-state index contributed by atoms with van der Waals surface area (Å²) in [7, 11) is -3.83. The summed E-state index contributed by atoms with van der Waals surface area (Å²) >= 11 is 0. The molecule has 134 valence electrons. The smallest absolute Gasteiger partial charge is 0.238 e. The summed E-state index contributed by atoms with van der Waals surface area (Å²) < 4.78 is 28.6. The van der Waals surface area contributed by atoms with Gasteiger partial charge in [-0.2, -0.15) is 0 Å². The van der Waals surface area contributed by atoms with Crippen LogP contribution in [0.3, 0.4) is 0 Å². The second-order valence-corrected chi connectivity index (χ2v) is 7.53. The van der Waals surface area contributed by atoms with Gasteiger partial charge in [0.1, 0.15) is 5.75 Å². The van der Waals surface area contributed by atoms with E-state index in [9.17, 15) is 13.2 Å². The first kappa shape index (κ1) is 19.0. The molecule has 0 aliphatic rings. The molecular formula is C18H22N2O4S. The van der Waals surface area contributed by atoms with E-state index in [-0.39, 0.29) is 23.8 Å². The summed E-state index contributed by atoms with van der Waals surface area (Å²) in [6, 6.07) is 10.4. The highest BCUT2D eigenvalue weighted by Gasteiger charge is 2.13. The third-order valence-electron chi connectivity index (χ3n) is 3.57. The summed E-state index contributed by atoms with van der Waals surface area (Å²) in [4.78, 5) is 12.0. The Balaban J connectivity index is 1.94. The lowest BCUT2D eigenvalue weighted by Gasteiger charge is -2.10. The number of amides is 1. The Bertz CT molecular complexity index is 872. The molecule has 0 fully saturated rings. The van der Waals surface area contributed by atoms with Crippen LogP contribution in [0.1, 0.15) is 23.1 Å². The number of anilines is 1. The van der Waals surface area contributed by atoms with Crippen molar-refractivity contribution in [3.63, 3.8) is 0 Å². The largest absolute Gasteiger partial charge is 0.493 e. The third kappa shape index (κ3) is 5.58. The average Bonchev–Trinajstić information content (AvgIpc) is 2.47. The number of nitrogens with one attached hydrogen (secondary N) is 1. The number of rotatable bonds is 6. The SMILES string of the molecule is Cc1cc(C)cc(OCCC(=O)Nc2ccc(C)c(S(N)(=O)=O)c2)c1. The maximum Gasteiger partial charge on any atom is 0.238 e. The number of benzene rings is 2. The lowest BCUT2D eigenvalue weighted by Crippen LogP contribution is -2.17. The van der Waals surface area contributed by atoms with Crippen molar-refractivity contribution in [2.75, 3.05) is 11.9 Å². The fourth-order valence-electron chi connectivity index (χ4n) is 2.49. The molecule has 6 nitrogen and oxygen atoms in total. The van der Waals surface area contributed by atoms with Gasteiger partial charge in [0.15, 0.2) is 0 Å². The van der Waals surface area contributed by atoms with E-state index in [2.05, 4.69) is 5.32 Å². The molecule has 0 aliphatic carbocycles. The van der Waals surface area contributed by atoms with Gasteiger partial charge in [-0.25, -0.2) is 13.6 Å². The van der Waals surface area contributed by atoms with Crippen molar-refractivity contribution in [3.05, 3.63) is 53.1 Å². The number of sulfonamides is 1. The highest BCUT2D eigenvalue weighted by atomic mass is 32.2. The van der Waals surface area contributed by atoms with E-state index in [1.54, 1.807) is 19.1 Å². The van der Waals surface area contributed by atoms with E-state index in [0.717, 1.165) is 16.9 Å². The van der Waals surface area contributed by atoms with Gasteiger partial charge < -0.3 is 10.1 Å². The minimum atomic E-state index is -3.83. The molecule has 0 radical (unpaired) electrons. The number of ether oxygens (including phenoxy) is 1. The molecule has 1 amide bonds. The van der Waals surface area contributed by atoms with Gasteiger partial charge in [-0.05, 0) is 61.7 Å². The average molecular weight is 362 g/mol. The molecule has 0 spiro atoms. The van der Waals surface area contributed by atoms with Crippen LogP contribution in [-0.2, 0) is 14.8 Å². The highest BCUT2D eigenvalue weighted by molar-refractivity contribution is 7.89. The normalized spacial score (nSPS) is 11.2. The molecule has 0 atom stereocenters. The molecule has 0 heterocycles. The Morgan fingerprint density at radius 2 is 1.72 bits per heavy atom. The molecule has 2 aromatic rings. The van der Waals surface area contributed by atoms with Crippen molar-refractivity contribution in [1.82, 2.24) is 0 Å². The highest BCUT2D eigenvalue weighted by Crippen LogP contribution is 2.19. The van der Waals surface area contributed by atoms with Gasteiger partial charge in [-0.1, -0.05) is 12.1 Å². The summed E-state index contributed by atoms with van der Waals surface area (Å²) in [6.07, 6.45) is 0.144. The van der Waals surface area contributed by atoms with Crippen molar-refractivity contribution < 1.29 is 17.9 Å². The topological polar surface area (TPSA) is 98.5 Å². The predicted molar refractivity (Wildman–Crippen MR) is 97.2 cm³/mol. The number of hydrogen-bond acceptors (Lipinski definition) is 4. The quantitative estimate of drug-likeness (QED) is 0.825. The first-order valence-corrected chi connectivity index (χ1v) is 9.34. The number of aryl methyl sites for hydroxylation is 3. The van der Waals surface area contributed by atoms with Gasteiger partial charge >= 0.3 is 0 Å². The van der Waals surface area contributed by atoms with E-state index < -0.39 is 10.0 Å². The van der Waals surface area contributed by atoms with Gasteiger partial charge in [-0.3, -0.25) is 4.79 Å². The molecular weight excluding hydrogens is 340 g/mol. The van der Waals surface area contributed by atoms with Crippen molar-refractivity contribution in [2.24, 2.45) is 5.14 Å². The standard InChI is InChI=1S/C18H22N2O4S/c1-12-8-13(2)10-16(9-12)24-7-6-18(21)20-15-5-4-14(3)17(11-15)25(19,22)23/h4-5,8-11H,6-7H2,1-3H3,(H,20,21)(H2,19,22,23). The minimum absolute atomic E-state index is 0.00298. The monoisotopic (exact) mass is 362 g/mol. The van der Waals surface area contributed by atoms with Crippen LogP contribution in [0.2, 0.25) is 0 Å². The fourth-order valence-corrected chi connectivity index (χ4v) is 3.29. The van der Waals surface area contributed by atoms with Crippen molar-refractivity contribution in [3.8, 4) is 5.75 Å². The van der Waals surface area contributed by atoms with Crippen LogP contribution >= 0.6 is 0 Å². The molecule has 0 saturated carbocycles. The van der Waals surface area contributed by atoms with Crippen LogP contribution in [0.15, 0.2) is 41.3 Å². The fraction of sp³-hybridized carbons (Fsp3) is 0.278. The zero-order valence-electron chi connectivity index (χ0n) is 14.5. The molecule has 2 aromatic carbocycles. The van der Waals surface area contributed by atoms with Crippen LogP contribution in [0, 0.1) is 20.8 Å². The first-order chi connectivity index (χ1) is 11.6. The molecule has 2 rings (SSSR count). The summed E-state index contributed by atoms with van der Waals surface area (Å²) in [5.41, 5.74) is 3.09. The van der Waals surface area contributed by atoms with Gasteiger partial charge in [0.05, 0.1) is 17.9 Å². The number of nitrogens with two attached hydrogens (primary N) is 1. The Kier molecular flexibility index (Phi) is 5.81. The molecule has 0 aromatic heterocycles. The summed E-state index contributed by atoms with van der Waals surface area (Å²) in [6.45, 7) is 5.83. The van der Waals surface area contributed by atoms with E-state index in [0.29, 0.717) is 11.3 Å². The molecule has 25 heavy (non-hydrogen) atoms. The molecule has 0 unspecified atom stereocenters. The number of primary sulfonamides is 1. The van der Waals surface area contributed by atoms with Crippen molar-refractivity contribution in [1.29, 1.82) is 0 Å². The Labute approximate surface area is 148 Å². The van der Waals surface area contributed by atoms with Crippen molar-refractivity contribution >= 4 is 21.6 Å². The molecule has 0 aliphatic heterocycles. The maximum absolute atomic E-state index is 12.0. The van der Waals surface area contributed by atoms with Gasteiger partial charge in [0, 0.05) is 5.69 Å². The van der Waals surface area contributed by atoms with E-state index in [1.165, 1.54) is 6.07 Å². The van der Waals surface area contributed by atoms with Gasteiger partial charge in [-0.15, -0.1) is 0 Å². The number of carbonyl (C=O) groups excluding carboxylic acids is 1. The molecule has 0 bridgehead atoms. The van der Waals surface area contributed by atoms with Crippen LogP contribution < -0.4 is 15.2 Å². The molecule has 3 N–H and O–H groups in total. The van der Waals surface area contributed by atoms with E-state index in [4.69, 9.17) is 9.88 Å². The maximum atomic E-state index is 12.0. The van der Waals surface area contributed by atoms with Gasteiger partial charge in [0.2, 0.25) is 15.9 Å². The Morgan fingerprint density at radius 1 is 1.08 bits per heavy atom. The lowest BCUT2D eigenvalue weighted by atomic mass is 10.1. The van der Waals surface area contributed by atoms with Crippen LogP contribution in [0.5, 0.6) is 5.75 Å². The molecule has 0 saturated heterocycles. The van der Waals surface area contributed by atoms with Gasteiger partial charge in [0.25, 0.3) is 0 Å². The first-order valence-electron chi connectivity index (χ1n) is 7.79. The zero-order valence-corrected chi connectivity index (χ0v) is 15.3. The number of carbonyl (C=O) groups is 1.